The van der Waals surface area contributed by atoms with Crippen LogP contribution in [0.3, 0.4) is 0 Å². The highest BCUT2D eigenvalue weighted by Crippen LogP contribution is 2.25. The van der Waals surface area contributed by atoms with Gasteiger partial charge in [0.15, 0.2) is 0 Å². The number of nitrogens with one attached hydrogen (secondary N) is 2. The zero-order valence-electron chi connectivity index (χ0n) is 12.5. The number of nitriles is 1. The highest BCUT2D eigenvalue weighted by molar-refractivity contribution is 6.36. The maximum absolute atomic E-state index is 12.1. The molecule has 0 aromatic heterocycles. The van der Waals surface area contributed by atoms with Gasteiger partial charge in [-0.15, -0.1) is 0 Å². The number of nitro benzene ring substituents is 1. The molecule has 0 unspecified atom stereocenters. The highest BCUT2D eigenvalue weighted by atomic mass is 35.5. The smallest absolute Gasteiger partial charge is 0.271 e. The molecule has 2 N–H and O–H groups in total. The number of anilines is 2. The van der Waals surface area contributed by atoms with Gasteiger partial charge < -0.3 is 10.6 Å². The summed E-state index contributed by atoms with van der Waals surface area (Å²) in [6, 6.07) is 11.8. The predicted molar refractivity (Wildman–Crippen MR) is 95.5 cm³/mol. The summed E-state index contributed by atoms with van der Waals surface area (Å²) in [7, 11) is 0. The summed E-state index contributed by atoms with van der Waals surface area (Å²) >= 11 is 11.8. The standard InChI is InChI=1S/C16H10Cl2N4O3/c17-11-4-5-15(14(18)6-11)20-9-10(8-19)16(23)21-12-2-1-3-13(7-12)22(24)25/h1-7,9,20H,(H,21,23)/b10-9-. The fourth-order valence-corrected chi connectivity index (χ4v) is 2.26. The van der Waals surface area contributed by atoms with Gasteiger partial charge in [0.1, 0.15) is 11.6 Å². The molecule has 9 heteroatoms. The predicted octanol–water partition coefficient (Wildman–Crippen LogP) is 4.36. The quantitative estimate of drug-likeness (QED) is 0.348. The highest BCUT2D eigenvalue weighted by Gasteiger charge is 2.12. The van der Waals surface area contributed by atoms with Crippen molar-refractivity contribution in [1.29, 1.82) is 5.26 Å². The van der Waals surface area contributed by atoms with Crippen LogP contribution in [0, 0.1) is 21.4 Å². The van der Waals surface area contributed by atoms with E-state index in [-0.39, 0.29) is 16.9 Å². The van der Waals surface area contributed by atoms with Gasteiger partial charge in [0.05, 0.1) is 15.6 Å². The first kappa shape index (κ1) is 18.3. The first-order valence-corrected chi connectivity index (χ1v) is 7.54. The van der Waals surface area contributed by atoms with Gasteiger partial charge in [-0.25, -0.2) is 0 Å². The van der Waals surface area contributed by atoms with Crippen molar-refractivity contribution in [2.24, 2.45) is 0 Å². The molecule has 0 aliphatic carbocycles. The zero-order chi connectivity index (χ0) is 18.4. The van der Waals surface area contributed by atoms with Gasteiger partial charge in [-0.3, -0.25) is 14.9 Å². The molecule has 0 saturated carbocycles. The van der Waals surface area contributed by atoms with Crippen LogP contribution in [0.2, 0.25) is 10.0 Å². The first-order chi connectivity index (χ1) is 11.9. The third kappa shape index (κ3) is 4.94. The Labute approximate surface area is 152 Å². The van der Waals surface area contributed by atoms with E-state index < -0.39 is 10.8 Å². The van der Waals surface area contributed by atoms with Crippen LogP contribution in [-0.4, -0.2) is 10.8 Å². The monoisotopic (exact) mass is 376 g/mol. The molecule has 0 radical (unpaired) electrons. The average Bonchev–Trinajstić information content (AvgIpc) is 2.57. The average molecular weight is 377 g/mol. The number of rotatable bonds is 5. The van der Waals surface area contributed by atoms with Gasteiger partial charge in [-0.1, -0.05) is 29.3 Å². The van der Waals surface area contributed by atoms with Crippen molar-refractivity contribution in [3.63, 3.8) is 0 Å². The Balaban J connectivity index is 2.14. The zero-order valence-corrected chi connectivity index (χ0v) is 14.0. The lowest BCUT2D eigenvalue weighted by molar-refractivity contribution is -0.384. The molecular weight excluding hydrogens is 367 g/mol. The number of carbonyl (C=O) groups is 1. The summed E-state index contributed by atoms with van der Waals surface area (Å²) in [5.74, 6) is -0.722. The third-order valence-electron chi connectivity index (χ3n) is 2.98. The van der Waals surface area contributed by atoms with Crippen molar-refractivity contribution in [2.75, 3.05) is 10.6 Å². The van der Waals surface area contributed by atoms with E-state index in [1.54, 1.807) is 18.2 Å². The van der Waals surface area contributed by atoms with Crippen LogP contribution in [-0.2, 0) is 4.79 Å². The first-order valence-electron chi connectivity index (χ1n) is 6.78. The molecule has 2 rings (SSSR count). The Kier molecular flexibility index (Phi) is 5.95. The molecule has 0 saturated heterocycles. The molecule has 0 atom stereocenters. The lowest BCUT2D eigenvalue weighted by Gasteiger charge is -2.06. The molecule has 0 bridgehead atoms. The summed E-state index contributed by atoms with van der Waals surface area (Å²) in [6.45, 7) is 0. The van der Waals surface area contributed by atoms with Crippen molar-refractivity contribution in [3.05, 3.63) is 74.4 Å². The van der Waals surface area contributed by atoms with E-state index in [2.05, 4.69) is 10.6 Å². The van der Waals surface area contributed by atoms with E-state index in [1.807, 2.05) is 0 Å². The molecule has 25 heavy (non-hydrogen) atoms. The number of halogens is 2. The minimum Gasteiger partial charge on any atom is -0.359 e. The topological polar surface area (TPSA) is 108 Å². The number of hydrogen-bond acceptors (Lipinski definition) is 5. The molecule has 0 heterocycles. The number of carbonyl (C=O) groups excluding carboxylic acids is 1. The maximum atomic E-state index is 12.1. The fraction of sp³-hybridized carbons (Fsp3) is 0. The minimum atomic E-state index is -0.722. The lowest BCUT2D eigenvalue weighted by atomic mass is 10.2. The van der Waals surface area contributed by atoms with Crippen LogP contribution < -0.4 is 10.6 Å². The fourth-order valence-electron chi connectivity index (χ4n) is 1.80. The van der Waals surface area contributed by atoms with E-state index in [0.29, 0.717) is 15.7 Å². The van der Waals surface area contributed by atoms with E-state index in [0.717, 1.165) is 0 Å². The van der Waals surface area contributed by atoms with Crippen molar-refractivity contribution >= 4 is 46.2 Å². The summed E-state index contributed by atoms with van der Waals surface area (Å²) < 4.78 is 0. The number of nitrogens with zero attached hydrogens (tertiary/aromatic N) is 2. The van der Waals surface area contributed by atoms with Gasteiger partial charge in [0.25, 0.3) is 11.6 Å². The largest absolute Gasteiger partial charge is 0.359 e. The minimum absolute atomic E-state index is 0.175. The maximum Gasteiger partial charge on any atom is 0.271 e. The van der Waals surface area contributed by atoms with Crippen LogP contribution >= 0.6 is 23.2 Å². The molecular formula is C16H10Cl2N4O3. The molecule has 126 valence electrons. The van der Waals surface area contributed by atoms with E-state index in [4.69, 9.17) is 28.5 Å². The Morgan fingerprint density at radius 3 is 2.64 bits per heavy atom. The number of non-ortho nitro benzene ring substituents is 1. The molecule has 0 spiro atoms. The summed E-state index contributed by atoms with van der Waals surface area (Å²) in [6.07, 6.45) is 1.18. The SMILES string of the molecule is N#C/C(=C/Nc1ccc(Cl)cc1Cl)C(=O)Nc1cccc([N+](=O)[O-])c1. The van der Waals surface area contributed by atoms with Crippen LogP contribution in [0.25, 0.3) is 0 Å². The lowest BCUT2D eigenvalue weighted by Crippen LogP contribution is -2.14. The number of amides is 1. The van der Waals surface area contributed by atoms with Crippen LogP contribution in [0.5, 0.6) is 0 Å². The van der Waals surface area contributed by atoms with Gasteiger partial charge in [0, 0.05) is 29.0 Å². The van der Waals surface area contributed by atoms with Crippen LogP contribution in [0.1, 0.15) is 0 Å². The van der Waals surface area contributed by atoms with E-state index >= 15 is 0 Å². The van der Waals surface area contributed by atoms with Gasteiger partial charge in [-0.2, -0.15) is 5.26 Å². The number of benzene rings is 2. The Hall–Kier alpha value is -3.08. The van der Waals surface area contributed by atoms with Gasteiger partial charge >= 0.3 is 0 Å². The van der Waals surface area contributed by atoms with E-state index in [9.17, 15) is 14.9 Å². The molecule has 1 amide bonds. The van der Waals surface area contributed by atoms with Crippen molar-refractivity contribution in [1.82, 2.24) is 0 Å². The molecule has 7 nitrogen and oxygen atoms in total. The van der Waals surface area contributed by atoms with Crippen LogP contribution in [0.4, 0.5) is 17.1 Å². The molecule has 0 aliphatic heterocycles. The Morgan fingerprint density at radius 2 is 2.00 bits per heavy atom. The molecule has 0 aliphatic rings. The Morgan fingerprint density at radius 1 is 1.24 bits per heavy atom. The third-order valence-corrected chi connectivity index (χ3v) is 3.53. The summed E-state index contributed by atoms with van der Waals surface area (Å²) in [5, 5.41) is 25.8. The van der Waals surface area contributed by atoms with Gasteiger partial charge in [-0.05, 0) is 24.3 Å². The van der Waals surface area contributed by atoms with E-state index in [1.165, 1.54) is 36.5 Å². The molecule has 2 aromatic carbocycles. The summed E-state index contributed by atoms with van der Waals surface area (Å²) in [5.41, 5.74) is 0.246. The van der Waals surface area contributed by atoms with Crippen molar-refractivity contribution < 1.29 is 9.72 Å². The summed E-state index contributed by atoms with van der Waals surface area (Å²) in [4.78, 5) is 22.3. The second-order valence-corrected chi connectivity index (χ2v) is 5.54. The Bertz CT molecular complexity index is 906. The van der Waals surface area contributed by atoms with Crippen molar-refractivity contribution in [3.8, 4) is 6.07 Å². The second-order valence-electron chi connectivity index (χ2n) is 4.70. The van der Waals surface area contributed by atoms with Crippen LogP contribution in [0.15, 0.2) is 54.2 Å². The number of hydrogen-bond donors (Lipinski definition) is 2. The normalized spacial score (nSPS) is 10.7. The number of nitro groups is 1. The molecule has 2 aromatic rings. The second kappa shape index (κ2) is 8.15. The van der Waals surface area contributed by atoms with Crippen molar-refractivity contribution in [2.45, 2.75) is 0 Å². The molecule has 0 fully saturated rings. The van der Waals surface area contributed by atoms with Gasteiger partial charge in [0.2, 0.25) is 0 Å².